The first kappa shape index (κ1) is 74.9. The van der Waals surface area contributed by atoms with Crippen molar-refractivity contribution >= 4 is 130 Å². The van der Waals surface area contributed by atoms with Gasteiger partial charge in [-0.25, -0.2) is 0 Å². The molecule has 0 radical (unpaired) electrons. The summed E-state index contributed by atoms with van der Waals surface area (Å²) in [5.74, 6) is 0.962. The van der Waals surface area contributed by atoms with Crippen molar-refractivity contribution in [3.63, 3.8) is 0 Å². The molecule has 3 atom stereocenters. The molecule has 8 aromatic carbocycles. The number of ether oxygens (including phenoxy) is 1. The Morgan fingerprint density at radius 3 is 1.37 bits per heavy atom. The van der Waals surface area contributed by atoms with E-state index in [2.05, 4.69) is 76.6 Å². The van der Waals surface area contributed by atoms with Gasteiger partial charge in [-0.05, 0) is 223 Å². The highest BCUT2D eigenvalue weighted by Crippen LogP contribution is 2.32. The Bertz CT molecular complexity index is 5110. The zero-order valence-electron chi connectivity index (χ0n) is 59.1. The summed E-state index contributed by atoms with van der Waals surface area (Å²) in [6, 6.07) is 65.6. The maximum absolute atomic E-state index is 12.5. The van der Waals surface area contributed by atoms with E-state index in [0.717, 1.165) is 90.7 Å². The smallest absolute Gasteiger partial charge is 0.268 e. The monoisotopic (exact) mass is 1470 g/mol. The first-order valence-corrected chi connectivity index (χ1v) is 36.6. The molecule has 10 N–H and O–H groups in total. The summed E-state index contributed by atoms with van der Waals surface area (Å²) in [7, 11) is 1.63. The number of aromatic nitrogens is 5. The number of hydrogen-bond acceptors (Lipinski definition) is 6. The Morgan fingerprint density at radius 1 is 0.433 bits per heavy atom. The van der Waals surface area contributed by atoms with Crippen molar-refractivity contribution < 1.29 is 28.7 Å². The van der Waals surface area contributed by atoms with Crippen molar-refractivity contribution in [3.8, 4) is 5.75 Å². The van der Waals surface area contributed by atoms with Crippen molar-refractivity contribution in [2.75, 3.05) is 7.11 Å². The highest BCUT2D eigenvalue weighted by molar-refractivity contribution is 6.32. The van der Waals surface area contributed by atoms with Gasteiger partial charge < -0.3 is 56.2 Å². The van der Waals surface area contributed by atoms with E-state index in [1.54, 1.807) is 37.4 Å². The molecular formula is C84H86Cl4N10O6. The minimum absolute atomic E-state index is 0.0274. The number of hydrogen-bond donors (Lipinski definition) is 10. The fourth-order valence-electron chi connectivity index (χ4n) is 13.1. The van der Waals surface area contributed by atoms with Crippen molar-refractivity contribution in [1.82, 2.24) is 51.5 Å². The normalized spacial score (nSPS) is 14.1. The molecule has 0 aliphatic heterocycles. The summed E-state index contributed by atoms with van der Waals surface area (Å²) in [4.78, 5) is 77.2. The van der Waals surface area contributed by atoms with Gasteiger partial charge in [-0.15, -0.1) is 0 Å². The van der Waals surface area contributed by atoms with E-state index in [-0.39, 0.29) is 53.7 Å². The van der Waals surface area contributed by atoms with E-state index in [4.69, 9.17) is 51.1 Å². The molecule has 5 heterocycles. The third-order valence-corrected chi connectivity index (χ3v) is 19.7. The van der Waals surface area contributed by atoms with Gasteiger partial charge in [-0.2, -0.15) is 0 Å². The summed E-state index contributed by atoms with van der Waals surface area (Å²) in [6.07, 6.45) is 9.59. The minimum atomic E-state index is -0.451. The predicted molar refractivity (Wildman–Crippen MR) is 423 cm³/mol. The second-order valence-electron chi connectivity index (χ2n) is 27.2. The molecule has 2 aliphatic carbocycles. The average molecular weight is 1470 g/mol. The molecule has 1 saturated carbocycles. The first-order chi connectivity index (χ1) is 50.0. The number of fused-ring (bicyclic) bond motifs is 6. The van der Waals surface area contributed by atoms with Gasteiger partial charge in [0.05, 0.1) is 24.7 Å². The minimum Gasteiger partial charge on any atom is -0.497 e. The van der Waals surface area contributed by atoms with Crippen LogP contribution >= 0.6 is 46.4 Å². The summed E-state index contributed by atoms with van der Waals surface area (Å²) >= 11 is 23.8. The highest BCUT2D eigenvalue weighted by atomic mass is 35.5. The summed E-state index contributed by atoms with van der Waals surface area (Å²) in [6.45, 7) is 11.9. The fraction of sp³-hybridized carbons (Fsp3) is 0.250. The number of aromatic amines is 5. The molecule has 2 aliphatic rings. The van der Waals surface area contributed by atoms with Gasteiger partial charge in [0.15, 0.2) is 0 Å². The van der Waals surface area contributed by atoms with E-state index in [1.807, 2.05) is 192 Å². The second kappa shape index (κ2) is 34.4. The highest BCUT2D eigenvalue weighted by Gasteiger charge is 2.27. The quantitative estimate of drug-likeness (QED) is 0.0508. The lowest BCUT2D eigenvalue weighted by molar-refractivity contribution is 0.0901. The molecule has 0 saturated heterocycles. The first-order valence-electron chi connectivity index (χ1n) is 35.1. The number of nitrogens with one attached hydrogen (secondary N) is 10. The van der Waals surface area contributed by atoms with Crippen LogP contribution in [0.15, 0.2) is 206 Å². The van der Waals surface area contributed by atoms with Crippen LogP contribution in [0.2, 0.25) is 20.1 Å². The topological polar surface area (TPSA) is 234 Å². The Morgan fingerprint density at radius 2 is 0.865 bits per heavy atom. The van der Waals surface area contributed by atoms with Crippen molar-refractivity contribution in [3.05, 3.63) is 277 Å². The fourth-order valence-corrected chi connectivity index (χ4v) is 13.9. The Balaban J connectivity index is 0.000000131. The van der Waals surface area contributed by atoms with Gasteiger partial charge in [-0.3, -0.25) is 24.0 Å². The van der Waals surface area contributed by atoms with Crippen LogP contribution in [0.3, 0.4) is 0 Å². The van der Waals surface area contributed by atoms with Crippen LogP contribution < -0.4 is 31.3 Å². The summed E-state index contributed by atoms with van der Waals surface area (Å²) < 4.78 is 5.14. The number of amides is 5. The number of carbonyl (C=O) groups is 5. The molecule has 0 spiro atoms. The van der Waals surface area contributed by atoms with Crippen LogP contribution in [0.4, 0.5) is 0 Å². The molecular weight excluding hydrogens is 1390 g/mol. The molecule has 15 rings (SSSR count). The molecule has 104 heavy (non-hydrogen) atoms. The third-order valence-electron chi connectivity index (χ3n) is 18.8. The molecule has 13 aromatic rings. The SMILES string of the molecule is CC(C)(NC(=O)c1cc2cc(Cl)ccc2[nH]1)c1ccccc1.CC(C)NC(=O)c1cc2cc(Cl)ccc2[nH]1.CC(NC(=O)c1cc2cc(Cl)ccc2[nH]1)C1CCCCC1.COc1ccc(C(C)NC(=O)c2cc3cc(Cl)ccc3[nH]2)cc1.O=C(NC1CCCc2ccccc21)c1cc2ccccc2[nH]1. The number of carbonyl (C=O) groups excluding carboxylic acids is 5. The molecule has 0 bridgehead atoms. The lowest BCUT2D eigenvalue weighted by Gasteiger charge is -2.28. The number of benzene rings is 8. The van der Waals surface area contributed by atoms with E-state index >= 15 is 0 Å². The van der Waals surface area contributed by atoms with Crippen LogP contribution in [-0.4, -0.2) is 73.6 Å². The number of para-hydroxylation sites is 1. The van der Waals surface area contributed by atoms with Crippen molar-refractivity contribution in [2.24, 2.45) is 5.92 Å². The van der Waals surface area contributed by atoms with Crippen molar-refractivity contribution in [2.45, 2.75) is 123 Å². The van der Waals surface area contributed by atoms with Crippen LogP contribution in [0.1, 0.15) is 173 Å². The maximum atomic E-state index is 12.5. The molecule has 5 aromatic heterocycles. The van der Waals surface area contributed by atoms with Gasteiger partial charge >= 0.3 is 0 Å². The Labute approximate surface area is 625 Å². The maximum Gasteiger partial charge on any atom is 0.268 e. The molecule has 20 heteroatoms. The van der Waals surface area contributed by atoms with Crippen LogP contribution in [0.5, 0.6) is 5.75 Å². The molecule has 5 amide bonds. The van der Waals surface area contributed by atoms with Crippen LogP contribution in [-0.2, 0) is 12.0 Å². The van der Waals surface area contributed by atoms with E-state index in [0.29, 0.717) is 54.5 Å². The lowest BCUT2D eigenvalue weighted by atomic mass is 9.84. The zero-order chi connectivity index (χ0) is 73.6. The lowest BCUT2D eigenvalue weighted by Crippen LogP contribution is -2.41. The van der Waals surface area contributed by atoms with Gasteiger partial charge in [0, 0.05) is 86.7 Å². The van der Waals surface area contributed by atoms with Crippen molar-refractivity contribution in [1.29, 1.82) is 0 Å². The summed E-state index contributed by atoms with van der Waals surface area (Å²) in [5, 5.41) is 22.7. The Hall–Kier alpha value is -10.2. The van der Waals surface area contributed by atoms with E-state index in [9.17, 15) is 24.0 Å². The van der Waals surface area contributed by atoms with Gasteiger partial charge in [0.1, 0.15) is 34.2 Å². The number of methoxy groups -OCH3 is 1. The molecule has 536 valence electrons. The largest absolute Gasteiger partial charge is 0.497 e. The number of H-pyrrole nitrogens is 5. The third kappa shape index (κ3) is 19.5. The second-order valence-corrected chi connectivity index (χ2v) is 29.0. The van der Waals surface area contributed by atoms with Gasteiger partial charge in [0.2, 0.25) is 0 Å². The van der Waals surface area contributed by atoms with E-state index in [1.165, 1.54) is 43.2 Å². The number of halogens is 4. The molecule has 3 unspecified atom stereocenters. The zero-order valence-corrected chi connectivity index (χ0v) is 62.2. The van der Waals surface area contributed by atoms with E-state index < -0.39 is 5.54 Å². The predicted octanol–water partition coefficient (Wildman–Crippen LogP) is 20.3. The summed E-state index contributed by atoms with van der Waals surface area (Å²) in [5.41, 5.74) is 11.7. The molecule has 1 fully saturated rings. The number of aryl methyl sites for hydroxylation is 1. The standard InChI is InChI=1S/C19H18N2O.C18H17ClN2O2.C18H17ClN2O.C17H21ClN2O.C12H13ClN2O/c22-19(18-12-14-7-2-4-10-16(14)20-18)21-17-11-5-8-13-6-1-3-9-15(13)17;1-11(12-3-6-15(23-2)7-4-12)20-18(22)17-10-13-9-14(19)5-8-16(13)21-17;1-18(2,13-6-4-3-5-7-13)21-17(22)16-11-12-10-14(19)8-9-15(12)20-16;1-11(12-5-3-2-4-6-12)19-17(21)16-10-13-9-14(18)7-8-15(13)20-16;1-7(2)14-12(16)11-6-8-5-9(13)3-4-10(8)15-11/h1-4,6-7,9-10,12,17,20H,5,8,11H2,(H,21,22);3-11,21H,1-2H3,(H,20,22);3-11,20H,1-2H3,(H,21,22);7-12,20H,2-6H2,1H3,(H,19,21);3-7,15H,1-2H3,(H,14,16). The average Bonchev–Trinajstić information content (AvgIpc) is 1.48. The van der Waals surface area contributed by atoms with Crippen LogP contribution in [0, 0.1) is 5.92 Å². The van der Waals surface area contributed by atoms with Crippen LogP contribution in [0.25, 0.3) is 54.5 Å². The Kier molecular flexibility index (Phi) is 24.8. The number of rotatable bonds is 14. The van der Waals surface area contributed by atoms with Gasteiger partial charge in [-0.1, -0.05) is 151 Å². The molecule has 16 nitrogen and oxygen atoms in total. The van der Waals surface area contributed by atoms with Gasteiger partial charge in [0.25, 0.3) is 29.5 Å².